The minimum atomic E-state index is -1.02. The fourth-order valence-corrected chi connectivity index (χ4v) is 5.83. The Balaban J connectivity index is 1.42. The van der Waals surface area contributed by atoms with E-state index in [1.54, 1.807) is 51.5 Å². The lowest BCUT2D eigenvalue weighted by molar-refractivity contribution is -0.133. The fraction of sp³-hybridized carbons (Fsp3) is 0.688. The molecule has 11 nitrogen and oxygen atoms in total. The number of ether oxygens (including phenoxy) is 3. The zero-order valence-electron chi connectivity index (χ0n) is 26.3. The number of anilines is 2. The van der Waals surface area contributed by atoms with Gasteiger partial charge in [-0.3, -0.25) is 14.4 Å². The van der Waals surface area contributed by atoms with Crippen LogP contribution in [-0.4, -0.2) is 85.4 Å². The van der Waals surface area contributed by atoms with Gasteiger partial charge < -0.3 is 34.2 Å². The first-order valence-corrected chi connectivity index (χ1v) is 15.5. The summed E-state index contributed by atoms with van der Waals surface area (Å²) in [5.74, 6) is -0.908. The molecule has 43 heavy (non-hydrogen) atoms. The van der Waals surface area contributed by atoms with E-state index >= 15 is 0 Å². The van der Waals surface area contributed by atoms with Crippen LogP contribution >= 0.6 is 0 Å². The molecule has 2 aliphatic carbocycles. The minimum absolute atomic E-state index is 0.0137. The Morgan fingerprint density at radius 2 is 1.79 bits per heavy atom. The number of hydrogen-bond donors (Lipinski definition) is 1. The molecule has 2 saturated carbocycles. The quantitative estimate of drug-likeness (QED) is 0.429. The Morgan fingerprint density at radius 3 is 2.42 bits per heavy atom. The third kappa shape index (κ3) is 7.25. The van der Waals surface area contributed by atoms with Crippen LogP contribution in [0, 0.1) is 11.8 Å². The van der Waals surface area contributed by atoms with Crippen molar-refractivity contribution in [2.45, 2.75) is 96.4 Å². The summed E-state index contributed by atoms with van der Waals surface area (Å²) in [6.07, 6.45) is 4.11. The number of carbonyl (C=O) groups excluding carboxylic acids is 4. The van der Waals surface area contributed by atoms with Crippen molar-refractivity contribution in [2.75, 3.05) is 43.2 Å². The molecule has 2 unspecified atom stereocenters. The maximum absolute atomic E-state index is 14.4. The van der Waals surface area contributed by atoms with Gasteiger partial charge in [0.15, 0.2) is 5.60 Å². The molecule has 0 radical (unpaired) electrons. The molecule has 4 amide bonds. The number of nitrogens with zero attached hydrogens (tertiary/aromatic N) is 3. The molecule has 5 rings (SSSR count). The molecule has 4 aliphatic rings. The highest BCUT2D eigenvalue weighted by Crippen LogP contribution is 2.43. The summed E-state index contributed by atoms with van der Waals surface area (Å²) >= 11 is 0. The number of likely N-dealkylation sites (tertiary alicyclic amines) is 1. The van der Waals surface area contributed by atoms with E-state index in [4.69, 9.17) is 14.2 Å². The maximum atomic E-state index is 14.4. The summed E-state index contributed by atoms with van der Waals surface area (Å²) in [7, 11) is 1.63. The Labute approximate surface area is 254 Å². The number of rotatable bonds is 9. The van der Waals surface area contributed by atoms with E-state index in [2.05, 4.69) is 5.32 Å². The van der Waals surface area contributed by atoms with E-state index < -0.39 is 29.1 Å². The van der Waals surface area contributed by atoms with E-state index in [1.165, 1.54) is 4.90 Å². The molecular formula is C32H46N4O7. The monoisotopic (exact) mass is 598 g/mol. The lowest BCUT2D eigenvalue weighted by Crippen LogP contribution is -2.54. The van der Waals surface area contributed by atoms with Crippen molar-refractivity contribution >= 4 is 35.2 Å². The molecule has 0 bridgehead atoms. The van der Waals surface area contributed by atoms with Crippen molar-refractivity contribution < 1.29 is 33.4 Å². The average molecular weight is 599 g/mol. The number of benzene rings is 1. The third-order valence-corrected chi connectivity index (χ3v) is 8.26. The number of piperidine rings is 1. The molecule has 236 valence electrons. The lowest BCUT2D eigenvalue weighted by atomic mass is 9.87. The van der Waals surface area contributed by atoms with E-state index in [0.717, 1.165) is 25.7 Å². The molecule has 1 aromatic rings. The van der Waals surface area contributed by atoms with Crippen LogP contribution in [0.5, 0.6) is 5.75 Å². The first-order valence-electron chi connectivity index (χ1n) is 15.5. The van der Waals surface area contributed by atoms with Gasteiger partial charge in [0.1, 0.15) is 11.4 Å². The predicted molar refractivity (Wildman–Crippen MR) is 161 cm³/mol. The van der Waals surface area contributed by atoms with Crippen LogP contribution in [-0.2, 0) is 23.9 Å². The normalized spacial score (nSPS) is 23.3. The molecule has 1 N–H and O–H groups in total. The van der Waals surface area contributed by atoms with Gasteiger partial charge in [-0.15, -0.1) is 0 Å². The molecule has 0 aromatic heterocycles. The second-order valence-corrected chi connectivity index (χ2v) is 13.8. The molecule has 3 fully saturated rings. The largest absolute Gasteiger partial charge is 0.476 e. The van der Waals surface area contributed by atoms with E-state index in [1.807, 2.05) is 18.2 Å². The zero-order chi connectivity index (χ0) is 31.1. The van der Waals surface area contributed by atoms with Crippen LogP contribution in [0.2, 0.25) is 0 Å². The number of fused-ring (bicyclic) bond motifs is 1. The molecular weight excluding hydrogens is 552 g/mol. The Morgan fingerprint density at radius 1 is 1.09 bits per heavy atom. The van der Waals surface area contributed by atoms with Crippen molar-refractivity contribution in [3.8, 4) is 5.75 Å². The SMILES string of the molecule is COCCCN1C(=O)C(C)(C)Oc2ccc(N(C(=O)C3CC(C(=O)NC4CC4)CN(C(=O)OC(C)(C)C)C3)C3CC3)cc21. The van der Waals surface area contributed by atoms with Gasteiger partial charge in [-0.25, -0.2) is 4.79 Å². The maximum Gasteiger partial charge on any atom is 0.410 e. The highest BCUT2D eigenvalue weighted by Gasteiger charge is 2.45. The van der Waals surface area contributed by atoms with Gasteiger partial charge in [0.2, 0.25) is 11.8 Å². The van der Waals surface area contributed by atoms with Crippen molar-refractivity contribution in [3.05, 3.63) is 18.2 Å². The zero-order valence-corrected chi connectivity index (χ0v) is 26.3. The first kappa shape index (κ1) is 31.1. The van der Waals surface area contributed by atoms with Gasteiger partial charge in [-0.05, 0) is 91.3 Å². The van der Waals surface area contributed by atoms with Crippen molar-refractivity contribution in [1.29, 1.82) is 0 Å². The fourth-order valence-electron chi connectivity index (χ4n) is 5.83. The summed E-state index contributed by atoms with van der Waals surface area (Å²) in [6.45, 7) is 10.3. The van der Waals surface area contributed by atoms with Gasteiger partial charge >= 0.3 is 6.09 Å². The van der Waals surface area contributed by atoms with Gasteiger partial charge in [0.25, 0.3) is 5.91 Å². The second kappa shape index (κ2) is 12.0. The summed E-state index contributed by atoms with van der Waals surface area (Å²) in [5, 5.41) is 3.05. The first-order chi connectivity index (χ1) is 20.3. The van der Waals surface area contributed by atoms with E-state index in [0.29, 0.717) is 43.1 Å². The molecule has 1 aromatic carbocycles. The predicted octanol–water partition coefficient (Wildman–Crippen LogP) is 3.87. The molecule has 2 aliphatic heterocycles. The van der Waals surface area contributed by atoms with E-state index in [9.17, 15) is 19.2 Å². The van der Waals surface area contributed by atoms with Crippen LogP contribution in [0.25, 0.3) is 0 Å². The number of methoxy groups -OCH3 is 1. The topological polar surface area (TPSA) is 118 Å². The molecule has 0 spiro atoms. The lowest BCUT2D eigenvalue weighted by Gasteiger charge is -2.40. The molecule has 2 atom stereocenters. The Hall–Kier alpha value is -3.34. The van der Waals surface area contributed by atoms with Crippen molar-refractivity contribution in [1.82, 2.24) is 10.2 Å². The summed E-state index contributed by atoms with van der Waals surface area (Å²) in [6, 6.07) is 5.74. The van der Waals surface area contributed by atoms with Crippen LogP contribution in [0.15, 0.2) is 18.2 Å². The molecule has 2 heterocycles. The van der Waals surface area contributed by atoms with Crippen LogP contribution in [0.4, 0.5) is 16.2 Å². The standard InChI is InChI=1S/C32H46N4O7/c1-31(2,3)43-30(40)34-18-20(27(37)33-22-8-9-22)16-21(19-34)28(38)36(23-10-11-23)24-12-13-26-25(17-24)35(14-7-15-41-6)29(39)32(4,5)42-26/h12-13,17,20-23H,7-11,14-16,18-19H2,1-6H3,(H,33,37). The molecule has 11 heteroatoms. The third-order valence-electron chi connectivity index (χ3n) is 8.26. The Kier molecular flexibility index (Phi) is 8.66. The van der Waals surface area contributed by atoms with Gasteiger partial charge in [-0.2, -0.15) is 0 Å². The van der Waals surface area contributed by atoms with Crippen molar-refractivity contribution in [2.24, 2.45) is 11.8 Å². The number of carbonyl (C=O) groups is 4. The van der Waals surface area contributed by atoms with E-state index in [-0.39, 0.29) is 42.9 Å². The van der Waals surface area contributed by atoms with Gasteiger partial charge in [0.05, 0.1) is 17.5 Å². The number of amides is 4. The second-order valence-electron chi connectivity index (χ2n) is 13.8. The average Bonchev–Trinajstić information content (AvgIpc) is 3.87. The van der Waals surface area contributed by atoms with Crippen molar-refractivity contribution in [3.63, 3.8) is 0 Å². The number of nitrogens with one attached hydrogen (secondary N) is 1. The summed E-state index contributed by atoms with van der Waals surface area (Å²) in [4.78, 5) is 59.1. The van der Waals surface area contributed by atoms with Crippen LogP contribution in [0.3, 0.4) is 0 Å². The highest BCUT2D eigenvalue weighted by molar-refractivity contribution is 6.04. The van der Waals surface area contributed by atoms with Crippen LogP contribution in [0.1, 0.15) is 73.1 Å². The number of hydrogen-bond acceptors (Lipinski definition) is 7. The smallest absolute Gasteiger partial charge is 0.410 e. The van der Waals surface area contributed by atoms with Gasteiger partial charge in [-0.1, -0.05) is 0 Å². The Bertz CT molecular complexity index is 1250. The summed E-state index contributed by atoms with van der Waals surface area (Å²) in [5.41, 5.74) is -0.423. The van der Waals surface area contributed by atoms with Crippen LogP contribution < -0.4 is 19.9 Å². The highest BCUT2D eigenvalue weighted by atomic mass is 16.6. The summed E-state index contributed by atoms with van der Waals surface area (Å²) < 4.78 is 17.0. The van der Waals surface area contributed by atoms with Gasteiger partial charge in [0, 0.05) is 51.1 Å². The minimum Gasteiger partial charge on any atom is -0.476 e. The molecule has 1 saturated heterocycles.